The molecular formula is C15H21N3O. The summed E-state index contributed by atoms with van der Waals surface area (Å²) in [4.78, 5) is 4.48. The average Bonchev–Trinajstić information content (AvgIpc) is 3.09. The molecule has 1 N–H and O–H groups in total. The maximum absolute atomic E-state index is 5.60. The van der Waals surface area contributed by atoms with E-state index < -0.39 is 0 Å². The van der Waals surface area contributed by atoms with Gasteiger partial charge in [-0.05, 0) is 25.0 Å². The molecule has 1 aliphatic rings. The van der Waals surface area contributed by atoms with Crippen LogP contribution in [0.4, 0.5) is 0 Å². The molecular weight excluding hydrogens is 238 g/mol. The second-order valence-corrected chi connectivity index (χ2v) is 5.35. The number of furan rings is 1. The fourth-order valence-corrected chi connectivity index (χ4v) is 2.90. The van der Waals surface area contributed by atoms with Crippen LogP contribution in [0.1, 0.15) is 49.7 Å². The molecule has 0 saturated heterocycles. The summed E-state index contributed by atoms with van der Waals surface area (Å²) in [5.74, 6) is 1.96. The first kappa shape index (κ1) is 12.5. The van der Waals surface area contributed by atoms with Crippen molar-refractivity contribution < 1.29 is 4.42 Å². The zero-order chi connectivity index (χ0) is 13.1. The maximum Gasteiger partial charge on any atom is 0.133 e. The standard InChI is InChI=1S/C15H21N3O/c1-18-10-9-16-15(18)14(13-8-5-11-19-13)17-12-6-3-2-4-7-12/h5,8-12,14,17H,2-4,6-7H2,1H3. The lowest BCUT2D eigenvalue weighted by Gasteiger charge is -2.27. The van der Waals surface area contributed by atoms with Gasteiger partial charge in [-0.2, -0.15) is 0 Å². The average molecular weight is 259 g/mol. The summed E-state index contributed by atoms with van der Waals surface area (Å²) in [6, 6.07) is 4.59. The topological polar surface area (TPSA) is 43.0 Å². The highest BCUT2D eigenvalue weighted by Crippen LogP contribution is 2.25. The Morgan fingerprint density at radius 3 is 2.84 bits per heavy atom. The number of hydrogen-bond donors (Lipinski definition) is 1. The molecule has 4 nitrogen and oxygen atoms in total. The first-order valence-electron chi connectivity index (χ1n) is 7.11. The molecule has 4 heteroatoms. The molecule has 102 valence electrons. The van der Waals surface area contributed by atoms with E-state index in [0.29, 0.717) is 6.04 Å². The highest BCUT2D eigenvalue weighted by atomic mass is 16.3. The zero-order valence-corrected chi connectivity index (χ0v) is 11.4. The summed E-state index contributed by atoms with van der Waals surface area (Å²) in [5.41, 5.74) is 0. The van der Waals surface area contributed by atoms with Crippen molar-refractivity contribution in [3.05, 3.63) is 42.4 Å². The molecule has 0 aliphatic heterocycles. The summed E-state index contributed by atoms with van der Waals surface area (Å²) in [5, 5.41) is 3.72. The van der Waals surface area contributed by atoms with Gasteiger partial charge in [-0.1, -0.05) is 19.3 Å². The van der Waals surface area contributed by atoms with Crippen LogP contribution < -0.4 is 5.32 Å². The van der Waals surface area contributed by atoms with E-state index >= 15 is 0 Å². The Morgan fingerprint density at radius 1 is 1.37 bits per heavy atom. The fourth-order valence-electron chi connectivity index (χ4n) is 2.90. The molecule has 0 bridgehead atoms. The number of rotatable bonds is 4. The van der Waals surface area contributed by atoms with Crippen LogP contribution >= 0.6 is 0 Å². The molecule has 2 aromatic heterocycles. The van der Waals surface area contributed by atoms with Crippen molar-refractivity contribution in [2.75, 3.05) is 0 Å². The van der Waals surface area contributed by atoms with E-state index in [1.165, 1.54) is 32.1 Å². The van der Waals surface area contributed by atoms with Crippen LogP contribution in [0.2, 0.25) is 0 Å². The molecule has 1 unspecified atom stereocenters. The molecule has 3 rings (SSSR count). The zero-order valence-electron chi connectivity index (χ0n) is 11.4. The molecule has 0 aromatic carbocycles. The normalized spacial score (nSPS) is 18.6. The van der Waals surface area contributed by atoms with Gasteiger partial charge >= 0.3 is 0 Å². The van der Waals surface area contributed by atoms with Crippen LogP contribution in [-0.4, -0.2) is 15.6 Å². The lowest BCUT2D eigenvalue weighted by atomic mass is 9.94. The van der Waals surface area contributed by atoms with Gasteiger partial charge in [0, 0.05) is 25.5 Å². The van der Waals surface area contributed by atoms with E-state index in [-0.39, 0.29) is 6.04 Å². The van der Waals surface area contributed by atoms with Gasteiger partial charge in [0.25, 0.3) is 0 Å². The predicted octanol–water partition coefficient (Wildman–Crippen LogP) is 3.02. The minimum atomic E-state index is 0.0538. The number of aromatic nitrogens is 2. The Bertz CT molecular complexity index is 497. The lowest BCUT2D eigenvalue weighted by molar-refractivity contribution is 0.325. The molecule has 2 aromatic rings. The van der Waals surface area contributed by atoms with E-state index in [4.69, 9.17) is 4.42 Å². The van der Waals surface area contributed by atoms with Gasteiger partial charge in [-0.25, -0.2) is 4.98 Å². The van der Waals surface area contributed by atoms with Crippen molar-refractivity contribution in [2.24, 2.45) is 7.05 Å². The summed E-state index contributed by atoms with van der Waals surface area (Å²) < 4.78 is 7.66. The Morgan fingerprint density at radius 2 is 2.21 bits per heavy atom. The van der Waals surface area contributed by atoms with Gasteiger partial charge in [0.05, 0.1) is 6.26 Å². The highest BCUT2D eigenvalue weighted by molar-refractivity contribution is 5.16. The van der Waals surface area contributed by atoms with Crippen LogP contribution in [-0.2, 0) is 7.05 Å². The molecule has 1 aliphatic carbocycles. The molecule has 0 spiro atoms. The van der Waals surface area contributed by atoms with Crippen molar-refractivity contribution in [1.29, 1.82) is 0 Å². The summed E-state index contributed by atoms with van der Waals surface area (Å²) in [6.45, 7) is 0. The molecule has 1 saturated carbocycles. The van der Waals surface area contributed by atoms with Crippen LogP contribution in [0.15, 0.2) is 35.2 Å². The van der Waals surface area contributed by atoms with Crippen LogP contribution in [0.25, 0.3) is 0 Å². The smallest absolute Gasteiger partial charge is 0.133 e. The van der Waals surface area contributed by atoms with E-state index in [9.17, 15) is 0 Å². The largest absolute Gasteiger partial charge is 0.467 e. The maximum atomic E-state index is 5.60. The van der Waals surface area contributed by atoms with Crippen molar-refractivity contribution in [3.63, 3.8) is 0 Å². The van der Waals surface area contributed by atoms with Crippen molar-refractivity contribution in [1.82, 2.24) is 14.9 Å². The highest BCUT2D eigenvalue weighted by Gasteiger charge is 2.25. The first-order chi connectivity index (χ1) is 9.34. The Kier molecular flexibility index (Phi) is 3.69. The number of nitrogens with zero attached hydrogens (tertiary/aromatic N) is 2. The molecule has 2 heterocycles. The molecule has 19 heavy (non-hydrogen) atoms. The molecule has 1 fully saturated rings. The number of imidazole rings is 1. The second kappa shape index (κ2) is 5.61. The minimum Gasteiger partial charge on any atom is -0.467 e. The van der Waals surface area contributed by atoms with Crippen LogP contribution in [0.5, 0.6) is 0 Å². The predicted molar refractivity (Wildman–Crippen MR) is 73.8 cm³/mol. The van der Waals surface area contributed by atoms with Gasteiger partial charge in [-0.3, -0.25) is 5.32 Å². The van der Waals surface area contributed by atoms with Crippen LogP contribution in [0, 0.1) is 0 Å². The summed E-state index contributed by atoms with van der Waals surface area (Å²) in [7, 11) is 2.03. The summed E-state index contributed by atoms with van der Waals surface area (Å²) in [6.07, 6.45) is 12.1. The van der Waals surface area contributed by atoms with Gasteiger partial charge in [0.15, 0.2) is 0 Å². The van der Waals surface area contributed by atoms with E-state index in [1.807, 2.05) is 31.6 Å². The molecule has 0 radical (unpaired) electrons. The van der Waals surface area contributed by atoms with Crippen molar-refractivity contribution in [3.8, 4) is 0 Å². The molecule has 1 atom stereocenters. The number of aryl methyl sites for hydroxylation is 1. The number of nitrogens with one attached hydrogen (secondary N) is 1. The van der Waals surface area contributed by atoms with E-state index in [0.717, 1.165) is 11.6 Å². The number of hydrogen-bond acceptors (Lipinski definition) is 3. The second-order valence-electron chi connectivity index (χ2n) is 5.35. The SMILES string of the molecule is Cn1ccnc1C(NC1CCCCC1)c1ccco1. The Labute approximate surface area is 113 Å². The monoisotopic (exact) mass is 259 g/mol. The van der Waals surface area contributed by atoms with Gasteiger partial charge in [0.1, 0.15) is 17.6 Å². The third kappa shape index (κ3) is 2.73. The van der Waals surface area contributed by atoms with E-state index in [2.05, 4.69) is 14.9 Å². The van der Waals surface area contributed by atoms with E-state index in [1.54, 1.807) is 6.26 Å². The minimum absolute atomic E-state index is 0.0538. The lowest BCUT2D eigenvalue weighted by Crippen LogP contribution is -2.36. The summed E-state index contributed by atoms with van der Waals surface area (Å²) >= 11 is 0. The third-order valence-corrected chi connectivity index (χ3v) is 3.95. The third-order valence-electron chi connectivity index (χ3n) is 3.95. The van der Waals surface area contributed by atoms with Gasteiger partial charge in [0.2, 0.25) is 0 Å². The van der Waals surface area contributed by atoms with Crippen LogP contribution in [0.3, 0.4) is 0 Å². The first-order valence-corrected chi connectivity index (χ1v) is 7.11. The quantitative estimate of drug-likeness (QED) is 0.917. The van der Waals surface area contributed by atoms with Gasteiger partial charge < -0.3 is 8.98 Å². The Hall–Kier alpha value is -1.55. The van der Waals surface area contributed by atoms with Crippen molar-refractivity contribution >= 4 is 0 Å². The fraction of sp³-hybridized carbons (Fsp3) is 0.533. The Balaban J connectivity index is 1.82. The van der Waals surface area contributed by atoms with Gasteiger partial charge in [-0.15, -0.1) is 0 Å². The molecule has 0 amide bonds. The van der Waals surface area contributed by atoms with Crippen molar-refractivity contribution in [2.45, 2.75) is 44.2 Å².